The van der Waals surface area contributed by atoms with Crippen LogP contribution in [0.3, 0.4) is 0 Å². The first kappa shape index (κ1) is 16.5. The van der Waals surface area contributed by atoms with Crippen LogP contribution < -0.4 is 0 Å². The third-order valence-electron chi connectivity index (χ3n) is 4.54. The van der Waals surface area contributed by atoms with E-state index in [0.29, 0.717) is 44.1 Å². The Hall–Kier alpha value is -2.31. The third kappa shape index (κ3) is 3.16. The lowest BCUT2D eigenvalue weighted by molar-refractivity contribution is -0.156. The van der Waals surface area contributed by atoms with Crippen LogP contribution >= 0.6 is 0 Å². The second-order valence-corrected chi connectivity index (χ2v) is 6.81. The van der Waals surface area contributed by atoms with Crippen molar-refractivity contribution in [1.82, 2.24) is 14.7 Å². The summed E-state index contributed by atoms with van der Waals surface area (Å²) in [4.78, 5) is 42.6. The number of furan rings is 1. The van der Waals surface area contributed by atoms with Crippen LogP contribution in [0.1, 0.15) is 30.6 Å². The van der Waals surface area contributed by atoms with Gasteiger partial charge in [0.05, 0.1) is 18.4 Å². The molecule has 2 saturated heterocycles. The number of carbonyl (C=O) groups is 3. The number of hydrogen-bond acceptors (Lipinski definition) is 4. The summed E-state index contributed by atoms with van der Waals surface area (Å²) in [5.41, 5.74) is 0.494. The molecule has 130 valence electrons. The fourth-order valence-electron chi connectivity index (χ4n) is 3.40. The van der Waals surface area contributed by atoms with Crippen molar-refractivity contribution < 1.29 is 18.8 Å². The van der Waals surface area contributed by atoms with Crippen LogP contribution in [0.5, 0.6) is 0 Å². The number of piperazine rings is 1. The lowest BCUT2D eigenvalue weighted by Crippen LogP contribution is -2.60. The van der Waals surface area contributed by atoms with Crippen LogP contribution in [0.4, 0.5) is 0 Å². The topological polar surface area (TPSA) is 74.1 Å². The van der Waals surface area contributed by atoms with Gasteiger partial charge in [-0.1, -0.05) is 13.8 Å². The van der Waals surface area contributed by atoms with Crippen molar-refractivity contribution >= 4 is 17.7 Å². The fourth-order valence-corrected chi connectivity index (χ4v) is 3.40. The minimum absolute atomic E-state index is 0.000843. The second-order valence-electron chi connectivity index (χ2n) is 6.81. The molecule has 2 aliphatic rings. The number of rotatable bonds is 3. The summed E-state index contributed by atoms with van der Waals surface area (Å²) in [5, 5.41) is 0. The van der Waals surface area contributed by atoms with Gasteiger partial charge < -0.3 is 19.1 Å². The van der Waals surface area contributed by atoms with E-state index >= 15 is 0 Å². The van der Waals surface area contributed by atoms with E-state index in [1.54, 1.807) is 20.8 Å². The SMILES string of the molecule is CC(C)CN1CC(=O)N2CCN(C(=O)c3ccoc3)CCC2C1=O. The van der Waals surface area contributed by atoms with Crippen LogP contribution in [0.25, 0.3) is 0 Å². The Morgan fingerprint density at radius 1 is 1.29 bits per heavy atom. The lowest BCUT2D eigenvalue weighted by atomic mass is 10.1. The zero-order valence-electron chi connectivity index (χ0n) is 14.1. The van der Waals surface area contributed by atoms with Crippen molar-refractivity contribution in [3.05, 3.63) is 24.2 Å². The van der Waals surface area contributed by atoms with Crippen LogP contribution in [-0.2, 0) is 9.59 Å². The Morgan fingerprint density at radius 3 is 2.75 bits per heavy atom. The lowest BCUT2D eigenvalue weighted by Gasteiger charge is -2.39. The molecule has 0 radical (unpaired) electrons. The molecule has 0 N–H and O–H groups in total. The Kier molecular flexibility index (Phi) is 4.59. The molecule has 7 heteroatoms. The molecule has 0 saturated carbocycles. The molecule has 0 spiro atoms. The maximum Gasteiger partial charge on any atom is 0.257 e. The molecule has 1 aromatic rings. The summed E-state index contributed by atoms with van der Waals surface area (Å²) in [6.07, 6.45) is 3.36. The van der Waals surface area contributed by atoms with Gasteiger partial charge in [0, 0.05) is 26.2 Å². The van der Waals surface area contributed by atoms with Gasteiger partial charge in [-0.05, 0) is 18.4 Å². The predicted molar refractivity (Wildman–Crippen MR) is 86.1 cm³/mol. The highest BCUT2D eigenvalue weighted by Crippen LogP contribution is 2.21. The molecule has 1 aromatic heterocycles. The normalized spacial score (nSPS) is 22.0. The quantitative estimate of drug-likeness (QED) is 0.821. The van der Waals surface area contributed by atoms with E-state index in [1.807, 2.05) is 13.8 Å². The van der Waals surface area contributed by atoms with Gasteiger partial charge in [0.2, 0.25) is 11.8 Å². The summed E-state index contributed by atoms with van der Waals surface area (Å²) in [5.74, 6) is 0.166. The maximum atomic E-state index is 12.7. The van der Waals surface area contributed by atoms with E-state index in [9.17, 15) is 14.4 Å². The largest absolute Gasteiger partial charge is 0.472 e. The molecular formula is C17H23N3O4. The molecule has 0 aromatic carbocycles. The van der Waals surface area contributed by atoms with E-state index in [1.165, 1.54) is 12.5 Å². The molecule has 0 aliphatic carbocycles. The van der Waals surface area contributed by atoms with Gasteiger partial charge in [0.15, 0.2) is 0 Å². The van der Waals surface area contributed by atoms with Crippen molar-refractivity contribution in [2.24, 2.45) is 5.92 Å². The number of carbonyl (C=O) groups excluding carboxylic acids is 3. The molecule has 3 heterocycles. The molecule has 2 aliphatic heterocycles. The molecule has 2 fully saturated rings. The molecule has 24 heavy (non-hydrogen) atoms. The Morgan fingerprint density at radius 2 is 2.08 bits per heavy atom. The molecule has 0 bridgehead atoms. The van der Waals surface area contributed by atoms with Gasteiger partial charge in [0.25, 0.3) is 5.91 Å². The number of nitrogens with zero attached hydrogens (tertiary/aromatic N) is 3. The van der Waals surface area contributed by atoms with Crippen molar-refractivity contribution in [2.45, 2.75) is 26.3 Å². The van der Waals surface area contributed by atoms with Crippen LogP contribution in [0.15, 0.2) is 23.0 Å². The van der Waals surface area contributed by atoms with Gasteiger partial charge in [0.1, 0.15) is 12.3 Å². The standard InChI is InChI=1S/C17H23N3O4/c1-12(2)9-19-10-15(21)20-7-6-18(5-3-14(20)17(19)23)16(22)13-4-8-24-11-13/h4,8,11-12,14H,3,5-7,9-10H2,1-2H3. The molecule has 1 unspecified atom stereocenters. The minimum atomic E-state index is -0.452. The van der Waals surface area contributed by atoms with Crippen LogP contribution in [0.2, 0.25) is 0 Å². The van der Waals surface area contributed by atoms with E-state index < -0.39 is 6.04 Å². The summed E-state index contributed by atoms with van der Waals surface area (Å²) < 4.78 is 4.96. The second kappa shape index (κ2) is 6.67. The van der Waals surface area contributed by atoms with E-state index in [2.05, 4.69) is 0 Å². The zero-order chi connectivity index (χ0) is 17.3. The average molecular weight is 333 g/mol. The van der Waals surface area contributed by atoms with Gasteiger partial charge in [-0.15, -0.1) is 0 Å². The van der Waals surface area contributed by atoms with Crippen LogP contribution in [-0.4, -0.2) is 71.2 Å². The first-order valence-electron chi connectivity index (χ1n) is 8.37. The van der Waals surface area contributed by atoms with Gasteiger partial charge in [-0.2, -0.15) is 0 Å². The molecule has 3 amide bonds. The Bertz CT molecular complexity index is 626. The smallest absolute Gasteiger partial charge is 0.257 e. The van der Waals surface area contributed by atoms with E-state index in [-0.39, 0.29) is 24.3 Å². The van der Waals surface area contributed by atoms with Gasteiger partial charge >= 0.3 is 0 Å². The monoisotopic (exact) mass is 333 g/mol. The number of hydrogen-bond donors (Lipinski definition) is 0. The first-order chi connectivity index (χ1) is 11.5. The highest BCUT2D eigenvalue weighted by atomic mass is 16.3. The predicted octanol–water partition coefficient (Wildman–Crippen LogP) is 0.821. The molecule has 3 rings (SSSR count). The first-order valence-corrected chi connectivity index (χ1v) is 8.37. The minimum Gasteiger partial charge on any atom is -0.472 e. The number of amides is 3. The van der Waals surface area contributed by atoms with Crippen LogP contribution in [0, 0.1) is 5.92 Å². The molecular weight excluding hydrogens is 310 g/mol. The maximum absolute atomic E-state index is 12.7. The summed E-state index contributed by atoms with van der Waals surface area (Å²) in [6.45, 7) is 6.08. The molecule has 1 atom stereocenters. The Labute approximate surface area is 141 Å². The highest BCUT2D eigenvalue weighted by Gasteiger charge is 2.41. The van der Waals surface area contributed by atoms with E-state index in [4.69, 9.17) is 4.42 Å². The average Bonchev–Trinajstić information content (AvgIpc) is 2.97. The van der Waals surface area contributed by atoms with Crippen molar-refractivity contribution in [2.75, 3.05) is 32.7 Å². The van der Waals surface area contributed by atoms with Crippen molar-refractivity contribution in [1.29, 1.82) is 0 Å². The van der Waals surface area contributed by atoms with E-state index in [0.717, 1.165) is 0 Å². The summed E-state index contributed by atoms with van der Waals surface area (Å²) in [6, 6.07) is 1.17. The van der Waals surface area contributed by atoms with Crippen molar-refractivity contribution in [3.8, 4) is 0 Å². The summed E-state index contributed by atoms with van der Waals surface area (Å²) in [7, 11) is 0. The van der Waals surface area contributed by atoms with Gasteiger partial charge in [-0.3, -0.25) is 14.4 Å². The third-order valence-corrected chi connectivity index (χ3v) is 4.54. The molecule has 7 nitrogen and oxygen atoms in total. The zero-order valence-corrected chi connectivity index (χ0v) is 14.1. The Balaban J connectivity index is 1.72. The summed E-state index contributed by atoms with van der Waals surface area (Å²) >= 11 is 0. The fraction of sp³-hybridized carbons (Fsp3) is 0.588. The van der Waals surface area contributed by atoms with Gasteiger partial charge in [-0.25, -0.2) is 0 Å². The number of fused-ring (bicyclic) bond motifs is 1. The highest BCUT2D eigenvalue weighted by molar-refractivity contribution is 5.96. The van der Waals surface area contributed by atoms with Crippen molar-refractivity contribution in [3.63, 3.8) is 0 Å².